The number of piperidine rings is 1. The molecule has 31 heavy (non-hydrogen) atoms. The van der Waals surface area contributed by atoms with Crippen LogP contribution in [-0.4, -0.2) is 53.9 Å². The normalized spacial score (nSPS) is 15.1. The van der Waals surface area contributed by atoms with E-state index in [1.165, 1.54) is 12.1 Å². The number of anilines is 1. The van der Waals surface area contributed by atoms with Crippen LogP contribution in [-0.2, 0) is 0 Å². The summed E-state index contributed by atoms with van der Waals surface area (Å²) in [5, 5.41) is 15.3. The van der Waals surface area contributed by atoms with Gasteiger partial charge in [-0.2, -0.15) is 0 Å². The van der Waals surface area contributed by atoms with Crippen LogP contribution in [0.25, 0.3) is 0 Å². The molecule has 1 aliphatic rings. The van der Waals surface area contributed by atoms with Crippen LogP contribution in [0.2, 0.25) is 0 Å². The van der Waals surface area contributed by atoms with Crippen molar-refractivity contribution in [1.82, 2.24) is 10.2 Å². The van der Waals surface area contributed by atoms with Crippen molar-refractivity contribution >= 4 is 17.5 Å². The number of nitrogens with zero attached hydrogens (tertiary/aromatic N) is 1. The molecule has 0 bridgehead atoms. The van der Waals surface area contributed by atoms with Crippen LogP contribution in [0.5, 0.6) is 5.75 Å². The molecule has 1 saturated heterocycles. The number of hydrogen-bond donors (Lipinski definition) is 3. The summed E-state index contributed by atoms with van der Waals surface area (Å²) >= 11 is 0. The van der Waals surface area contributed by atoms with Gasteiger partial charge < -0.3 is 15.7 Å². The van der Waals surface area contributed by atoms with Gasteiger partial charge in [-0.05, 0) is 37.1 Å². The highest BCUT2D eigenvalue weighted by Gasteiger charge is 2.24. The number of carbonyl (C=O) groups excluding carboxylic acids is 2. The first-order valence-electron chi connectivity index (χ1n) is 9.63. The van der Waals surface area contributed by atoms with Gasteiger partial charge in [0.25, 0.3) is 18.2 Å². The van der Waals surface area contributed by atoms with E-state index in [2.05, 4.69) is 10.6 Å². The van der Waals surface area contributed by atoms with Gasteiger partial charge in [-0.15, -0.1) is 0 Å². The Balaban J connectivity index is 1.59. The minimum Gasteiger partial charge on any atom is -0.507 e. The number of amides is 2. The summed E-state index contributed by atoms with van der Waals surface area (Å²) in [7, 11) is 0. The average molecular weight is 439 g/mol. The average Bonchev–Trinajstić information content (AvgIpc) is 2.68. The minimum absolute atomic E-state index is 0.0233. The summed E-state index contributed by atoms with van der Waals surface area (Å²) < 4.78 is 51.4. The van der Waals surface area contributed by atoms with Crippen molar-refractivity contribution in [2.24, 2.45) is 0 Å². The number of halogens is 4. The molecule has 10 heteroatoms. The van der Waals surface area contributed by atoms with Gasteiger partial charge in [0.05, 0.1) is 12.1 Å². The topological polar surface area (TPSA) is 81.7 Å². The van der Waals surface area contributed by atoms with Gasteiger partial charge in [0.2, 0.25) is 0 Å². The van der Waals surface area contributed by atoms with Crippen molar-refractivity contribution < 1.29 is 32.3 Å². The number of rotatable bonds is 6. The van der Waals surface area contributed by atoms with Crippen molar-refractivity contribution in [3.63, 3.8) is 0 Å². The SMILES string of the molecule is O=C(Nc1ccc(C(=O)NC2CCN(CC(F)F)CC2)c(O)c1)c1cc(F)cc(F)c1. The lowest BCUT2D eigenvalue weighted by molar-refractivity contribution is 0.0695. The fourth-order valence-electron chi connectivity index (χ4n) is 3.41. The molecule has 0 unspecified atom stereocenters. The molecule has 3 N–H and O–H groups in total. The summed E-state index contributed by atoms with van der Waals surface area (Å²) in [4.78, 5) is 26.2. The fraction of sp³-hybridized carbons (Fsp3) is 0.333. The van der Waals surface area contributed by atoms with E-state index in [-0.39, 0.29) is 29.4 Å². The van der Waals surface area contributed by atoms with Crippen LogP contribution in [0.3, 0.4) is 0 Å². The molecule has 2 amide bonds. The third kappa shape index (κ3) is 6.17. The Morgan fingerprint density at radius 2 is 1.68 bits per heavy atom. The maximum absolute atomic E-state index is 13.3. The largest absolute Gasteiger partial charge is 0.507 e. The predicted octanol–water partition coefficient (Wildman–Crippen LogP) is 3.38. The van der Waals surface area contributed by atoms with E-state index in [1.807, 2.05) is 0 Å². The molecule has 0 aromatic heterocycles. The molecule has 0 atom stereocenters. The fourth-order valence-corrected chi connectivity index (χ4v) is 3.41. The minimum atomic E-state index is -2.40. The lowest BCUT2D eigenvalue weighted by atomic mass is 10.0. The highest BCUT2D eigenvalue weighted by atomic mass is 19.3. The number of likely N-dealkylation sites (tertiary alicyclic amines) is 1. The molecule has 6 nitrogen and oxygen atoms in total. The summed E-state index contributed by atoms with van der Waals surface area (Å²) in [5.41, 5.74) is -0.133. The van der Waals surface area contributed by atoms with Crippen molar-refractivity contribution in [3.8, 4) is 5.75 Å². The number of benzene rings is 2. The maximum Gasteiger partial charge on any atom is 0.255 e. The van der Waals surface area contributed by atoms with E-state index >= 15 is 0 Å². The summed E-state index contributed by atoms with van der Waals surface area (Å²) in [6, 6.07) is 5.99. The first kappa shape index (κ1) is 22.5. The summed E-state index contributed by atoms with van der Waals surface area (Å²) in [6.07, 6.45) is -1.38. The van der Waals surface area contributed by atoms with E-state index in [0.29, 0.717) is 32.0 Å². The van der Waals surface area contributed by atoms with Gasteiger partial charge >= 0.3 is 0 Å². The second-order valence-electron chi connectivity index (χ2n) is 7.28. The first-order valence-corrected chi connectivity index (χ1v) is 9.63. The zero-order chi connectivity index (χ0) is 22.5. The quantitative estimate of drug-likeness (QED) is 0.603. The molecule has 1 aliphatic heterocycles. The molecule has 2 aromatic carbocycles. The summed E-state index contributed by atoms with van der Waals surface area (Å²) in [6.45, 7) is 0.580. The number of nitrogens with one attached hydrogen (secondary N) is 2. The Bertz CT molecular complexity index is 943. The van der Waals surface area contributed by atoms with E-state index in [0.717, 1.165) is 18.2 Å². The van der Waals surface area contributed by atoms with E-state index in [4.69, 9.17) is 0 Å². The molecular formula is C21H21F4N3O3. The van der Waals surface area contributed by atoms with Crippen LogP contribution in [0.4, 0.5) is 23.2 Å². The van der Waals surface area contributed by atoms with Crippen LogP contribution in [0, 0.1) is 11.6 Å². The number of aromatic hydroxyl groups is 1. The Labute approximate surface area is 175 Å². The van der Waals surface area contributed by atoms with Crippen LogP contribution >= 0.6 is 0 Å². The van der Waals surface area contributed by atoms with Crippen LogP contribution in [0.1, 0.15) is 33.6 Å². The van der Waals surface area contributed by atoms with Gasteiger partial charge in [0, 0.05) is 42.5 Å². The highest BCUT2D eigenvalue weighted by molar-refractivity contribution is 6.05. The smallest absolute Gasteiger partial charge is 0.255 e. The number of phenolic OH excluding ortho intramolecular Hbond substituents is 1. The zero-order valence-electron chi connectivity index (χ0n) is 16.4. The van der Waals surface area contributed by atoms with E-state index in [9.17, 15) is 32.3 Å². The molecule has 2 aromatic rings. The van der Waals surface area contributed by atoms with Crippen molar-refractivity contribution in [2.45, 2.75) is 25.3 Å². The monoisotopic (exact) mass is 439 g/mol. The predicted molar refractivity (Wildman–Crippen MR) is 105 cm³/mol. The lowest BCUT2D eigenvalue weighted by Crippen LogP contribution is -2.45. The van der Waals surface area contributed by atoms with Crippen LogP contribution < -0.4 is 10.6 Å². The van der Waals surface area contributed by atoms with Crippen molar-refractivity contribution in [1.29, 1.82) is 0 Å². The Hall–Kier alpha value is -3.14. The Kier molecular flexibility index (Phi) is 7.11. The maximum atomic E-state index is 13.3. The molecule has 0 radical (unpaired) electrons. The zero-order valence-corrected chi connectivity index (χ0v) is 16.4. The van der Waals surface area contributed by atoms with Gasteiger partial charge in [-0.3, -0.25) is 14.5 Å². The number of phenols is 1. The van der Waals surface area contributed by atoms with Crippen LogP contribution in [0.15, 0.2) is 36.4 Å². The first-order chi connectivity index (χ1) is 14.7. The standard InChI is InChI=1S/C21H21F4N3O3/c22-13-7-12(8-14(23)9-13)20(30)27-16-1-2-17(18(29)10-16)21(31)26-15-3-5-28(6-4-15)11-19(24)25/h1-2,7-10,15,19,29H,3-6,11H2,(H,26,31)(H,27,30). The number of hydrogen-bond acceptors (Lipinski definition) is 4. The van der Waals surface area contributed by atoms with Crippen molar-refractivity contribution in [3.05, 3.63) is 59.2 Å². The van der Waals surface area contributed by atoms with Gasteiger partial charge in [0.15, 0.2) is 0 Å². The van der Waals surface area contributed by atoms with E-state index < -0.39 is 35.6 Å². The third-order valence-corrected chi connectivity index (χ3v) is 4.94. The van der Waals surface area contributed by atoms with Gasteiger partial charge in [-0.25, -0.2) is 17.6 Å². The molecular weight excluding hydrogens is 418 g/mol. The second-order valence-corrected chi connectivity index (χ2v) is 7.28. The lowest BCUT2D eigenvalue weighted by Gasteiger charge is -2.32. The molecule has 1 heterocycles. The number of alkyl halides is 2. The van der Waals surface area contributed by atoms with Gasteiger partial charge in [-0.1, -0.05) is 0 Å². The molecule has 3 rings (SSSR count). The molecule has 0 aliphatic carbocycles. The summed E-state index contributed by atoms with van der Waals surface area (Å²) in [5.74, 6) is -3.52. The van der Waals surface area contributed by atoms with Crippen molar-refractivity contribution in [2.75, 3.05) is 25.0 Å². The molecule has 0 spiro atoms. The molecule has 166 valence electrons. The molecule has 0 saturated carbocycles. The second kappa shape index (κ2) is 9.78. The highest BCUT2D eigenvalue weighted by Crippen LogP contribution is 2.23. The van der Waals surface area contributed by atoms with E-state index in [1.54, 1.807) is 4.90 Å². The third-order valence-electron chi connectivity index (χ3n) is 4.94. The molecule has 1 fully saturated rings. The number of carbonyl (C=O) groups is 2. The van der Waals surface area contributed by atoms with Gasteiger partial charge in [0.1, 0.15) is 17.4 Å². The Morgan fingerprint density at radius 3 is 2.26 bits per heavy atom. The Morgan fingerprint density at radius 1 is 1.03 bits per heavy atom.